The Morgan fingerprint density at radius 1 is 0.590 bits per heavy atom. The molecule has 0 saturated carbocycles. The summed E-state index contributed by atoms with van der Waals surface area (Å²) in [5, 5.41) is 2.38. The zero-order valence-corrected chi connectivity index (χ0v) is 25.1. The Balaban J connectivity index is 0.00000176. The largest absolute Gasteiger partial charge is 1.00 e. The van der Waals surface area contributed by atoms with Crippen LogP contribution in [0.3, 0.4) is 0 Å². The van der Waals surface area contributed by atoms with Crippen LogP contribution in [0.25, 0.3) is 44.1 Å². The third-order valence-corrected chi connectivity index (χ3v) is 7.11. The highest BCUT2D eigenvalue weighted by atomic mass is 79.9. The van der Waals surface area contributed by atoms with Crippen molar-refractivity contribution in [3.63, 3.8) is 0 Å². The molecule has 3 aromatic carbocycles. The van der Waals surface area contributed by atoms with Gasteiger partial charge in [-0.05, 0) is 28.8 Å². The summed E-state index contributed by atoms with van der Waals surface area (Å²) < 4.78 is 4.53. The molecule has 0 aliphatic carbocycles. The lowest BCUT2D eigenvalue weighted by Gasteiger charge is -2.14. The number of fused-ring (bicyclic) bond motifs is 2. The van der Waals surface area contributed by atoms with Crippen LogP contribution in [0.4, 0.5) is 0 Å². The van der Waals surface area contributed by atoms with Crippen LogP contribution in [0.1, 0.15) is 25.3 Å². The van der Waals surface area contributed by atoms with Gasteiger partial charge in [0.05, 0.1) is 11.0 Å². The molecule has 0 aliphatic rings. The first-order valence-electron chi connectivity index (χ1n) is 13.1. The highest BCUT2D eigenvalue weighted by Crippen LogP contribution is 2.36. The Kier molecular flexibility index (Phi) is 9.60. The number of hydrogen-bond acceptors (Lipinski definition) is 1. The predicted molar refractivity (Wildman–Crippen MR) is 151 cm³/mol. The molecular weight excluding hydrogens is 610 g/mol. The van der Waals surface area contributed by atoms with Crippen molar-refractivity contribution >= 4 is 21.8 Å². The first kappa shape index (κ1) is 28.6. The fourth-order valence-corrected chi connectivity index (χ4v) is 5.12. The van der Waals surface area contributed by atoms with E-state index < -0.39 is 0 Å². The summed E-state index contributed by atoms with van der Waals surface area (Å²) >= 11 is 0. The van der Waals surface area contributed by atoms with Gasteiger partial charge in [-0.2, -0.15) is 0 Å². The van der Waals surface area contributed by atoms with Gasteiger partial charge in [0.25, 0.3) is 0 Å². The van der Waals surface area contributed by atoms with E-state index in [2.05, 4.69) is 138 Å². The third kappa shape index (κ3) is 6.10. The summed E-state index contributed by atoms with van der Waals surface area (Å²) in [4.78, 5) is 4.93. The van der Waals surface area contributed by atoms with Crippen molar-refractivity contribution < 1.29 is 43.1 Å². The second-order valence-corrected chi connectivity index (χ2v) is 9.62. The van der Waals surface area contributed by atoms with Crippen LogP contribution in [-0.2, 0) is 13.1 Å². The Labute approximate surface area is 251 Å². The second-order valence-electron chi connectivity index (χ2n) is 9.62. The van der Waals surface area contributed by atoms with Crippen molar-refractivity contribution in [3.05, 3.63) is 127 Å². The van der Waals surface area contributed by atoms with Crippen LogP contribution in [0.5, 0.6) is 0 Å². The standard InChI is InChI=1S/C34H31N3.2BrH/c1-2-3-20-36-21-16-26(17-22-36)27-18-23-37(24-19-27)25-28-10-4-5-11-29(28)34-30-12-6-8-14-32(30)35-33-15-9-7-13-31(33)34;;/h4-19,21-24H,2-3,20,25H2,1H3;2*1H/q+2;;/p-2. The smallest absolute Gasteiger partial charge is 0.174 e. The van der Waals surface area contributed by atoms with E-state index in [1.807, 2.05) is 0 Å². The number of unbranched alkanes of at least 4 members (excludes halogenated alkanes) is 1. The molecule has 0 unspecified atom stereocenters. The molecule has 39 heavy (non-hydrogen) atoms. The molecule has 5 heteroatoms. The highest BCUT2D eigenvalue weighted by Gasteiger charge is 2.16. The van der Waals surface area contributed by atoms with E-state index in [1.54, 1.807) is 0 Å². The molecule has 196 valence electrons. The van der Waals surface area contributed by atoms with Crippen molar-refractivity contribution in [2.45, 2.75) is 32.9 Å². The van der Waals surface area contributed by atoms with Crippen molar-refractivity contribution in [1.29, 1.82) is 0 Å². The first-order chi connectivity index (χ1) is 18.3. The fourth-order valence-electron chi connectivity index (χ4n) is 5.12. The maximum absolute atomic E-state index is 4.93. The van der Waals surface area contributed by atoms with Crippen LogP contribution in [0, 0.1) is 0 Å². The van der Waals surface area contributed by atoms with E-state index >= 15 is 0 Å². The Hall–Kier alpha value is -3.41. The molecule has 0 N–H and O–H groups in total. The molecule has 0 saturated heterocycles. The van der Waals surface area contributed by atoms with E-state index in [0.717, 1.165) is 24.1 Å². The molecular formula is C34H31Br2N3. The lowest BCUT2D eigenvalue weighted by Crippen LogP contribution is -3.00. The molecule has 0 fully saturated rings. The van der Waals surface area contributed by atoms with Gasteiger partial charge in [-0.3, -0.25) is 0 Å². The number of pyridine rings is 3. The van der Waals surface area contributed by atoms with Crippen molar-refractivity contribution in [1.82, 2.24) is 4.98 Å². The molecule has 6 aromatic rings. The molecule has 0 atom stereocenters. The van der Waals surface area contributed by atoms with Gasteiger partial charge in [0.2, 0.25) is 0 Å². The van der Waals surface area contributed by atoms with Crippen LogP contribution < -0.4 is 43.1 Å². The first-order valence-corrected chi connectivity index (χ1v) is 13.1. The normalized spacial score (nSPS) is 10.7. The fraction of sp³-hybridized carbons (Fsp3) is 0.147. The average Bonchev–Trinajstić information content (AvgIpc) is 2.96. The molecule has 0 amide bonds. The topological polar surface area (TPSA) is 20.6 Å². The lowest BCUT2D eigenvalue weighted by molar-refractivity contribution is -0.697. The summed E-state index contributed by atoms with van der Waals surface area (Å²) in [6, 6.07) is 34.5. The molecule has 0 aliphatic heterocycles. The quantitative estimate of drug-likeness (QED) is 0.190. The van der Waals surface area contributed by atoms with Crippen LogP contribution in [0.15, 0.2) is 122 Å². The Morgan fingerprint density at radius 3 is 1.69 bits per heavy atom. The van der Waals surface area contributed by atoms with Gasteiger partial charge in [-0.15, -0.1) is 0 Å². The maximum atomic E-state index is 4.93. The predicted octanol–water partition coefficient (Wildman–Crippen LogP) is 1.15. The number of benzene rings is 3. The molecule has 3 aromatic heterocycles. The highest BCUT2D eigenvalue weighted by molar-refractivity contribution is 6.09. The molecule has 0 spiro atoms. The van der Waals surface area contributed by atoms with Crippen LogP contribution in [0.2, 0.25) is 0 Å². The minimum Gasteiger partial charge on any atom is -1.00 e. The molecule has 6 rings (SSSR count). The number of aryl methyl sites for hydroxylation is 1. The van der Waals surface area contributed by atoms with Gasteiger partial charge in [0, 0.05) is 52.6 Å². The minimum absolute atomic E-state index is 0. The van der Waals surface area contributed by atoms with Crippen molar-refractivity contribution in [2.75, 3.05) is 0 Å². The summed E-state index contributed by atoms with van der Waals surface area (Å²) in [6.45, 7) is 4.11. The zero-order chi connectivity index (χ0) is 25.0. The number of rotatable bonds is 7. The van der Waals surface area contributed by atoms with Crippen molar-refractivity contribution in [3.8, 4) is 22.3 Å². The maximum Gasteiger partial charge on any atom is 0.174 e. The summed E-state index contributed by atoms with van der Waals surface area (Å²) in [6.07, 6.45) is 11.2. The molecule has 3 heterocycles. The van der Waals surface area contributed by atoms with E-state index in [0.29, 0.717) is 0 Å². The number of halogens is 2. The van der Waals surface area contributed by atoms with Crippen molar-refractivity contribution in [2.24, 2.45) is 0 Å². The van der Waals surface area contributed by atoms with E-state index in [-0.39, 0.29) is 34.0 Å². The zero-order valence-electron chi connectivity index (χ0n) is 22.0. The third-order valence-electron chi connectivity index (χ3n) is 7.11. The number of hydrogen-bond donors (Lipinski definition) is 0. The van der Waals surface area contributed by atoms with Gasteiger partial charge in [0.15, 0.2) is 31.3 Å². The summed E-state index contributed by atoms with van der Waals surface area (Å²) in [7, 11) is 0. The number of para-hydroxylation sites is 2. The molecule has 0 radical (unpaired) electrons. The summed E-state index contributed by atoms with van der Waals surface area (Å²) in [5.41, 5.74) is 8.35. The second kappa shape index (κ2) is 13.1. The van der Waals surface area contributed by atoms with Gasteiger partial charge in [-0.1, -0.05) is 74.0 Å². The SMILES string of the molecule is CCCC[n+]1ccc(-c2cc[n+](Cc3ccccc3-c3c4ccccc4nc4ccccc34)cc2)cc1.[Br-].[Br-]. The summed E-state index contributed by atoms with van der Waals surface area (Å²) in [5.74, 6) is 0. The number of nitrogens with zero attached hydrogens (tertiary/aromatic N) is 3. The van der Waals surface area contributed by atoms with Crippen LogP contribution in [-0.4, -0.2) is 4.98 Å². The Morgan fingerprint density at radius 2 is 1.10 bits per heavy atom. The number of aromatic nitrogens is 3. The Bertz CT molecular complexity index is 1630. The van der Waals surface area contributed by atoms with Gasteiger partial charge < -0.3 is 34.0 Å². The van der Waals surface area contributed by atoms with Gasteiger partial charge in [0.1, 0.15) is 6.54 Å². The van der Waals surface area contributed by atoms with E-state index in [1.165, 1.54) is 51.4 Å². The van der Waals surface area contributed by atoms with Gasteiger partial charge >= 0.3 is 0 Å². The van der Waals surface area contributed by atoms with E-state index in [4.69, 9.17) is 4.98 Å². The van der Waals surface area contributed by atoms with Gasteiger partial charge in [-0.25, -0.2) is 14.1 Å². The monoisotopic (exact) mass is 639 g/mol. The molecule has 0 bridgehead atoms. The van der Waals surface area contributed by atoms with Crippen LogP contribution >= 0.6 is 0 Å². The van der Waals surface area contributed by atoms with E-state index in [9.17, 15) is 0 Å². The minimum atomic E-state index is 0. The average molecular weight is 641 g/mol. The lowest BCUT2D eigenvalue weighted by atomic mass is 9.92. The molecule has 3 nitrogen and oxygen atoms in total.